The SMILES string of the molecule is CCOC(=O)c1ccc(-c2nnc(Nc3ccc4c(c3)ncn4-c3ccccc3C)c3ccccc23)cc1. The van der Waals surface area contributed by atoms with Crippen molar-refractivity contribution in [2.24, 2.45) is 0 Å². The van der Waals surface area contributed by atoms with Gasteiger partial charge >= 0.3 is 5.97 Å². The second kappa shape index (κ2) is 9.78. The molecule has 6 aromatic rings. The summed E-state index contributed by atoms with van der Waals surface area (Å²) in [6, 6.07) is 29.6. The third kappa shape index (κ3) is 4.24. The fraction of sp³-hybridized carbons (Fsp3) is 0.0968. The average Bonchev–Trinajstić information content (AvgIpc) is 3.37. The van der Waals surface area contributed by atoms with E-state index < -0.39 is 0 Å². The van der Waals surface area contributed by atoms with Crippen molar-refractivity contribution in [3.8, 4) is 16.9 Å². The highest BCUT2D eigenvalue weighted by Gasteiger charge is 2.14. The molecule has 6 rings (SSSR count). The highest BCUT2D eigenvalue weighted by molar-refractivity contribution is 6.01. The number of fused-ring (bicyclic) bond motifs is 2. The maximum atomic E-state index is 12.0. The Kier molecular flexibility index (Phi) is 6.01. The molecule has 0 atom stereocenters. The van der Waals surface area contributed by atoms with Crippen molar-refractivity contribution in [3.63, 3.8) is 0 Å². The van der Waals surface area contributed by atoms with E-state index in [-0.39, 0.29) is 5.97 Å². The van der Waals surface area contributed by atoms with Gasteiger partial charge in [-0.05, 0) is 55.8 Å². The first-order valence-corrected chi connectivity index (χ1v) is 12.5. The van der Waals surface area contributed by atoms with Gasteiger partial charge in [0.2, 0.25) is 0 Å². The summed E-state index contributed by atoms with van der Waals surface area (Å²) in [5.41, 5.74) is 7.21. The minimum absolute atomic E-state index is 0.338. The maximum absolute atomic E-state index is 12.0. The van der Waals surface area contributed by atoms with Crippen LogP contribution in [0.3, 0.4) is 0 Å². The van der Waals surface area contributed by atoms with Crippen molar-refractivity contribution in [1.29, 1.82) is 0 Å². The number of nitrogens with zero attached hydrogens (tertiary/aromatic N) is 4. The number of benzene rings is 4. The molecule has 7 nitrogen and oxygen atoms in total. The lowest BCUT2D eigenvalue weighted by molar-refractivity contribution is 0.0526. The number of para-hydroxylation sites is 1. The molecule has 4 aromatic carbocycles. The smallest absolute Gasteiger partial charge is 0.338 e. The number of carbonyl (C=O) groups is 1. The van der Waals surface area contributed by atoms with E-state index in [1.165, 1.54) is 5.56 Å². The van der Waals surface area contributed by atoms with Gasteiger partial charge < -0.3 is 10.1 Å². The molecule has 7 heteroatoms. The summed E-state index contributed by atoms with van der Waals surface area (Å²) in [6.07, 6.45) is 1.86. The Balaban J connectivity index is 1.33. The Morgan fingerprint density at radius 2 is 1.66 bits per heavy atom. The van der Waals surface area contributed by atoms with Gasteiger partial charge in [-0.1, -0.05) is 54.6 Å². The van der Waals surface area contributed by atoms with Gasteiger partial charge in [0.05, 0.1) is 28.9 Å². The molecular weight excluding hydrogens is 474 g/mol. The molecule has 2 heterocycles. The molecule has 0 aliphatic rings. The number of anilines is 2. The number of ether oxygens (including phenoxy) is 1. The minimum atomic E-state index is -0.338. The minimum Gasteiger partial charge on any atom is -0.462 e. The quantitative estimate of drug-likeness (QED) is 0.252. The van der Waals surface area contributed by atoms with Crippen LogP contribution in [0.25, 0.3) is 38.8 Å². The van der Waals surface area contributed by atoms with Gasteiger partial charge in [-0.25, -0.2) is 9.78 Å². The number of hydrogen-bond donors (Lipinski definition) is 1. The van der Waals surface area contributed by atoms with Crippen LogP contribution in [0.4, 0.5) is 11.5 Å². The predicted octanol–water partition coefficient (Wildman–Crippen LogP) is 6.86. The van der Waals surface area contributed by atoms with Gasteiger partial charge in [0, 0.05) is 22.0 Å². The van der Waals surface area contributed by atoms with E-state index in [1.54, 1.807) is 19.1 Å². The number of hydrogen-bond acceptors (Lipinski definition) is 6. The molecule has 0 unspecified atom stereocenters. The van der Waals surface area contributed by atoms with Crippen molar-refractivity contribution in [1.82, 2.24) is 19.7 Å². The molecule has 0 spiro atoms. The van der Waals surface area contributed by atoms with Gasteiger partial charge in [-0.2, -0.15) is 0 Å². The van der Waals surface area contributed by atoms with Crippen molar-refractivity contribution in [2.45, 2.75) is 13.8 Å². The van der Waals surface area contributed by atoms with Gasteiger partial charge in [0.25, 0.3) is 0 Å². The van der Waals surface area contributed by atoms with Gasteiger partial charge in [-0.15, -0.1) is 10.2 Å². The Morgan fingerprint density at radius 1 is 0.895 bits per heavy atom. The number of imidazole rings is 1. The standard InChI is InChI=1S/C31H25N5O2/c1-3-38-31(37)22-14-12-21(13-15-22)29-24-9-5-6-10-25(24)30(35-34-29)33-23-16-17-28-26(18-23)32-19-36(28)27-11-7-4-8-20(27)2/h4-19H,3H2,1-2H3,(H,33,35). The first-order chi connectivity index (χ1) is 18.6. The molecule has 38 heavy (non-hydrogen) atoms. The normalized spacial score (nSPS) is 11.1. The molecule has 2 aromatic heterocycles. The molecule has 0 radical (unpaired) electrons. The molecule has 0 saturated heterocycles. The Hall–Kier alpha value is -5.04. The lowest BCUT2D eigenvalue weighted by Gasteiger charge is -2.12. The van der Waals surface area contributed by atoms with Crippen molar-refractivity contribution >= 4 is 39.3 Å². The summed E-state index contributed by atoms with van der Waals surface area (Å²) in [6.45, 7) is 4.23. The van der Waals surface area contributed by atoms with Gasteiger partial charge in [0.15, 0.2) is 5.82 Å². The number of rotatable bonds is 6. The molecule has 0 fully saturated rings. The number of esters is 1. The highest BCUT2D eigenvalue weighted by atomic mass is 16.5. The molecular formula is C31H25N5O2. The monoisotopic (exact) mass is 499 g/mol. The number of carbonyl (C=O) groups excluding carboxylic acids is 1. The lowest BCUT2D eigenvalue weighted by atomic mass is 10.0. The summed E-state index contributed by atoms with van der Waals surface area (Å²) in [7, 11) is 0. The molecule has 1 N–H and O–H groups in total. The van der Waals surface area contributed by atoms with Crippen LogP contribution in [0.2, 0.25) is 0 Å². The molecule has 0 aliphatic heterocycles. The summed E-state index contributed by atoms with van der Waals surface area (Å²) in [4.78, 5) is 16.7. The fourth-order valence-corrected chi connectivity index (χ4v) is 4.64. The molecule has 0 saturated carbocycles. The lowest BCUT2D eigenvalue weighted by Crippen LogP contribution is -2.04. The Bertz CT molecular complexity index is 1790. The van der Waals surface area contributed by atoms with Crippen LogP contribution in [-0.2, 0) is 4.74 Å². The second-order valence-corrected chi connectivity index (χ2v) is 8.97. The van der Waals surface area contributed by atoms with Crippen LogP contribution in [0.15, 0.2) is 97.3 Å². The Labute approximate surface area is 219 Å². The molecule has 186 valence electrons. The average molecular weight is 500 g/mol. The van der Waals surface area contributed by atoms with Crippen LogP contribution >= 0.6 is 0 Å². The van der Waals surface area contributed by atoms with Crippen molar-refractivity contribution < 1.29 is 9.53 Å². The van der Waals surface area contributed by atoms with Crippen LogP contribution in [-0.4, -0.2) is 32.3 Å². The van der Waals surface area contributed by atoms with Gasteiger partial charge in [-0.3, -0.25) is 4.57 Å². The van der Waals surface area contributed by atoms with E-state index in [1.807, 2.05) is 67.0 Å². The van der Waals surface area contributed by atoms with E-state index >= 15 is 0 Å². The van der Waals surface area contributed by atoms with E-state index in [4.69, 9.17) is 4.74 Å². The van der Waals surface area contributed by atoms with E-state index in [9.17, 15) is 4.79 Å². The number of aryl methyl sites for hydroxylation is 1. The third-order valence-electron chi connectivity index (χ3n) is 6.54. The van der Waals surface area contributed by atoms with Crippen molar-refractivity contribution in [2.75, 3.05) is 11.9 Å². The zero-order valence-electron chi connectivity index (χ0n) is 21.1. The zero-order valence-corrected chi connectivity index (χ0v) is 21.1. The summed E-state index contributed by atoms with van der Waals surface area (Å²) >= 11 is 0. The van der Waals surface area contributed by atoms with E-state index in [0.29, 0.717) is 18.0 Å². The Morgan fingerprint density at radius 3 is 2.45 bits per heavy atom. The van der Waals surface area contributed by atoms with Crippen molar-refractivity contribution in [3.05, 3.63) is 108 Å². The largest absolute Gasteiger partial charge is 0.462 e. The summed E-state index contributed by atoms with van der Waals surface area (Å²) in [5.74, 6) is 0.320. The zero-order chi connectivity index (χ0) is 26.1. The molecule has 0 amide bonds. The highest BCUT2D eigenvalue weighted by Crippen LogP contribution is 2.32. The van der Waals surface area contributed by atoms with Crippen LogP contribution in [0.5, 0.6) is 0 Å². The topological polar surface area (TPSA) is 81.9 Å². The van der Waals surface area contributed by atoms with E-state index in [2.05, 4.69) is 50.2 Å². The summed E-state index contributed by atoms with van der Waals surface area (Å²) < 4.78 is 7.19. The second-order valence-electron chi connectivity index (χ2n) is 8.97. The first-order valence-electron chi connectivity index (χ1n) is 12.5. The van der Waals surface area contributed by atoms with Crippen LogP contribution < -0.4 is 5.32 Å². The van der Waals surface area contributed by atoms with Gasteiger partial charge in [0.1, 0.15) is 12.0 Å². The predicted molar refractivity (Wildman–Crippen MR) is 150 cm³/mol. The number of nitrogens with one attached hydrogen (secondary N) is 1. The third-order valence-corrected chi connectivity index (χ3v) is 6.54. The molecule has 0 aliphatic carbocycles. The maximum Gasteiger partial charge on any atom is 0.338 e. The first kappa shape index (κ1) is 23.4. The summed E-state index contributed by atoms with van der Waals surface area (Å²) in [5, 5.41) is 14.4. The van der Waals surface area contributed by atoms with Crippen LogP contribution in [0.1, 0.15) is 22.8 Å². The fourth-order valence-electron chi connectivity index (χ4n) is 4.64. The van der Waals surface area contributed by atoms with Crippen LogP contribution in [0, 0.1) is 6.92 Å². The molecule has 0 bridgehead atoms. The van der Waals surface area contributed by atoms with E-state index in [0.717, 1.165) is 44.4 Å². The number of aromatic nitrogens is 4.